The molecule has 8 nitrogen and oxygen atoms in total. The van der Waals surface area contributed by atoms with Crippen LogP contribution in [0, 0.1) is 0 Å². The van der Waals surface area contributed by atoms with E-state index in [4.69, 9.17) is 10.5 Å². The third kappa shape index (κ3) is 4.59. The summed E-state index contributed by atoms with van der Waals surface area (Å²) in [5.74, 6) is -0.452. The maximum atomic E-state index is 12.1. The van der Waals surface area contributed by atoms with Gasteiger partial charge in [-0.15, -0.1) is 0 Å². The summed E-state index contributed by atoms with van der Waals surface area (Å²) in [6.07, 6.45) is 4.81. The van der Waals surface area contributed by atoms with Gasteiger partial charge in [0.05, 0.1) is 17.8 Å². The third-order valence-electron chi connectivity index (χ3n) is 2.66. The standard InChI is InChI=1S/C15H18N6O2S/c1-4-23-13(22)11-12(10-5-7-17-8-6-10)24-15(19-11)20-14(16)18-9-21(2)3/h5-9H,4H2,1-3H3,(H2,16,19,20). The van der Waals surface area contributed by atoms with E-state index in [-0.39, 0.29) is 18.3 Å². The number of hydrogen-bond acceptors (Lipinski definition) is 6. The van der Waals surface area contributed by atoms with Crippen molar-refractivity contribution >= 4 is 34.7 Å². The van der Waals surface area contributed by atoms with Crippen LogP contribution < -0.4 is 5.73 Å². The fourth-order valence-corrected chi connectivity index (χ4v) is 2.63. The summed E-state index contributed by atoms with van der Waals surface area (Å²) in [4.78, 5) is 30.9. The highest BCUT2D eigenvalue weighted by Crippen LogP contribution is 2.34. The first-order valence-corrected chi connectivity index (χ1v) is 7.96. The minimum absolute atomic E-state index is 0.0501. The number of hydrogen-bond donors (Lipinski definition) is 1. The lowest BCUT2D eigenvalue weighted by Gasteiger charge is -2.01. The average Bonchev–Trinajstić information content (AvgIpc) is 2.98. The van der Waals surface area contributed by atoms with E-state index in [0.717, 1.165) is 5.56 Å². The molecule has 0 aliphatic carbocycles. The van der Waals surface area contributed by atoms with E-state index in [0.29, 0.717) is 10.0 Å². The molecule has 0 fully saturated rings. The number of carbonyl (C=O) groups is 1. The highest BCUT2D eigenvalue weighted by atomic mass is 32.1. The highest BCUT2D eigenvalue weighted by molar-refractivity contribution is 7.19. The molecule has 0 radical (unpaired) electrons. The number of carbonyl (C=O) groups excluding carboxylic acids is 1. The van der Waals surface area contributed by atoms with Crippen molar-refractivity contribution in [2.45, 2.75) is 6.92 Å². The zero-order valence-electron chi connectivity index (χ0n) is 13.6. The molecule has 2 N–H and O–H groups in total. The number of nitrogens with two attached hydrogens (primary N) is 1. The van der Waals surface area contributed by atoms with Gasteiger partial charge in [0, 0.05) is 26.5 Å². The molecule has 0 spiro atoms. The van der Waals surface area contributed by atoms with Crippen LogP contribution in [0.3, 0.4) is 0 Å². The third-order valence-corrected chi connectivity index (χ3v) is 3.66. The summed E-state index contributed by atoms with van der Waals surface area (Å²) in [5.41, 5.74) is 6.77. The lowest BCUT2D eigenvalue weighted by atomic mass is 10.2. The summed E-state index contributed by atoms with van der Waals surface area (Å²) in [6, 6.07) is 3.58. The molecule has 0 unspecified atom stereocenters. The fraction of sp³-hybridized carbons (Fsp3) is 0.267. The van der Waals surface area contributed by atoms with Crippen molar-refractivity contribution in [1.82, 2.24) is 14.9 Å². The maximum Gasteiger partial charge on any atom is 0.358 e. The van der Waals surface area contributed by atoms with E-state index in [9.17, 15) is 4.79 Å². The Labute approximate surface area is 143 Å². The van der Waals surface area contributed by atoms with Crippen molar-refractivity contribution < 1.29 is 9.53 Å². The lowest BCUT2D eigenvalue weighted by molar-refractivity contribution is 0.0521. The number of ether oxygens (including phenoxy) is 1. The molecule has 0 aliphatic heterocycles. The van der Waals surface area contributed by atoms with Crippen LogP contribution in [-0.4, -0.2) is 53.8 Å². The predicted molar refractivity (Wildman–Crippen MR) is 94.8 cm³/mol. The Morgan fingerprint density at radius 1 is 1.42 bits per heavy atom. The van der Waals surface area contributed by atoms with Crippen LogP contribution in [0.4, 0.5) is 5.13 Å². The zero-order chi connectivity index (χ0) is 17.5. The molecule has 0 bridgehead atoms. The van der Waals surface area contributed by atoms with Crippen LogP contribution in [0.1, 0.15) is 17.4 Å². The summed E-state index contributed by atoms with van der Waals surface area (Å²) in [7, 11) is 3.64. The topological polar surface area (TPSA) is 106 Å². The van der Waals surface area contributed by atoms with Gasteiger partial charge in [-0.2, -0.15) is 4.99 Å². The number of guanidine groups is 1. The minimum Gasteiger partial charge on any atom is -0.461 e. The molecule has 0 atom stereocenters. The Hall–Kier alpha value is -2.81. The molecular formula is C15H18N6O2S. The van der Waals surface area contributed by atoms with Gasteiger partial charge in [-0.25, -0.2) is 14.8 Å². The lowest BCUT2D eigenvalue weighted by Crippen LogP contribution is -2.14. The Bertz CT molecular complexity index is 755. The molecule has 24 heavy (non-hydrogen) atoms. The largest absolute Gasteiger partial charge is 0.461 e. The Balaban J connectivity index is 2.41. The molecule has 9 heteroatoms. The summed E-state index contributed by atoms with van der Waals surface area (Å²) >= 11 is 1.23. The van der Waals surface area contributed by atoms with Gasteiger partial charge in [0.25, 0.3) is 0 Å². The Morgan fingerprint density at radius 3 is 2.75 bits per heavy atom. The second kappa shape index (κ2) is 8.16. The van der Waals surface area contributed by atoms with Crippen LogP contribution in [0.15, 0.2) is 34.5 Å². The van der Waals surface area contributed by atoms with Gasteiger partial charge in [-0.1, -0.05) is 11.3 Å². The number of rotatable bonds is 5. The summed E-state index contributed by atoms with van der Waals surface area (Å²) < 4.78 is 5.06. The van der Waals surface area contributed by atoms with Crippen LogP contribution in [0.25, 0.3) is 10.4 Å². The first-order chi connectivity index (χ1) is 11.5. The van der Waals surface area contributed by atoms with Crippen LogP contribution in [-0.2, 0) is 4.74 Å². The molecule has 0 saturated carbocycles. The van der Waals surface area contributed by atoms with Crippen molar-refractivity contribution in [3.63, 3.8) is 0 Å². The van der Waals surface area contributed by atoms with E-state index in [1.54, 1.807) is 36.4 Å². The second-order valence-electron chi connectivity index (χ2n) is 4.81. The SMILES string of the molecule is CCOC(=O)c1nc(N=C(N)N=CN(C)C)sc1-c1ccncc1. The van der Waals surface area contributed by atoms with Gasteiger partial charge < -0.3 is 15.4 Å². The minimum atomic E-state index is -0.502. The molecule has 126 valence electrons. The molecule has 2 aromatic rings. The number of thiazole rings is 1. The second-order valence-corrected chi connectivity index (χ2v) is 5.79. The van der Waals surface area contributed by atoms with Crippen molar-refractivity contribution in [3.8, 4) is 10.4 Å². The number of aromatic nitrogens is 2. The Morgan fingerprint density at radius 2 is 2.12 bits per heavy atom. The molecule has 2 heterocycles. The maximum absolute atomic E-state index is 12.1. The van der Waals surface area contributed by atoms with Gasteiger partial charge in [0.1, 0.15) is 0 Å². The number of pyridine rings is 1. The molecule has 2 aromatic heterocycles. The van der Waals surface area contributed by atoms with E-state index in [1.165, 1.54) is 17.7 Å². The zero-order valence-corrected chi connectivity index (χ0v) is 14.4. The van der Waals surface area contributed by atoms with Gasteiger partial charge in [0.2, 0.25) is 11.1 Å². The van der Waals surface area contributed by atoms with Gasteiger partial charge in [0.15, 0.2) is 5.69 Å². The predicted octanol–water partition coefficient (Wildman–Crippen LogP) is 1.92. The fourth-order valence-electron chi connectivity index (χ4n) is 1.69. The van der Waals surface area contributed by atoms with Crippen molar-refractivity contribution in [1.29, 1.82) is 0 Å². The smallest absolute Gasteiger partial charge is 0.358 e. The van der Waals surface area contributed by atoms with Gasteiger partial charge >= 0.3 is 5.97 Å². The normalized spacial score (nSPS) is 11.7. The number of esters is 1. The number of aliphatic imine (C=N–C) groups is 2. The molecule has 0 amide bonds. The molecule has 0 saturated heterocycles. The van der Waals surface area contributed by atoms with E-state index in [1.807, 2.05) is 14.1 Å². The van der Waals surface area contributed by atoms with Crippen molar-refractivity contribution in [2.75, 3.05) is 20.7 Å². The van der Waals surface area contributed by atoms with Gasteiger partial charge in [-0.05, 0) is 24.6 Å². The first kappa shape index (κ1) is 17.5. The molecule has 2 rings (SSSR count). The first-order valence-electron chi connectivity index (χ1n) is 7.14. The van der Waals surface area contributed by atoms with Crippen molar-refractivity contribution in [3.05, 3.63) is 30.2 Å². The summed E-state index contributed by atoms with van der Waals surface area (Å²) in [5, 5.41) is 0.332. The van der Waals surface area contributed by atoms with Crippen molar-refractivity contribution in [2.24, 2.45) is 15.7 Å². The highest BCUT2D eigenvalue weighted by Gasteiger charge is 2.20. The Kier molecular flexibility index (Phi) is 5.96. The average molecular weight is 346 g/mol. The number of nitrogens with zero attached hydrogens (tertiary/aromatic N) is 5. The monoisotopic (exact) mass is 346 g/mol. The van der Waals surface area contributed by atoms with Gasteiger partial charge in [-0.3, -0.25) is 4.98 Å². The van der Waals surface area contributed by atoms with Crippen LogP contribution in [0.5, 0.6) is 0 Å². The molecular weight excluding hydrogens is 328 g/mol. The van der Waals surface area contributed by atoms with E-state index < -0.39 is 5.97 Å². The molecule has 0 aliphatic rings. The van der Waals surface area contributed by atoms with Crippen LogP contribution >= 0.6 is 11.3 Å². The van der Waals surface area contributed by atoms with Crippen LogP contribution in [0.2, 0.25) is 0 Å². The molecule has 0 aromatic carbocycles. The summed E-state index contributed by atoms with van der Waals surface area (Å²) in [6.45, 7) is 2.00. The van der Waals surface area contributed by atoms with E-state index >= 15 is 0 Å². The quantitative estimate of drug-likeness (QED) is 0.503. The van der Waals surface area contributed by atoms with E-state index in [2.05, 4.69) is 20.0 Å².